The van der Waals surface area contributed by atoms with E-state index in [0.29, 0.717) is 0 Å². The van der Waals surface area contributed by atoms with Crippen molar-refractivity contribution in [3.8, 4) is 0 Å². The number of hydrogen-bond donors (Lipinski definition) is 1. The number of nitrogens with two attached hydrogens (primary N) is 1. The van der Waals surface area contributed by atoms with Crippen LogP contribution in [0.4, 0.5) is 5.69 Å². The Morgan fingerprint density at radius 3 is 2.70 bits per heavy atom. The molecule has 0 atom stereocenters. The van der Waals surface area contributed by atoms with Gasteiger partial charge >= 0.3 is 0 Å². The van der Waals surface area contributed by atoms with Crippen LogP contribution in [0.1, 0.15) is 23.9 Å². The molecule has 0 radical (unpaired) electrons. The zero-order valence-corrected chi connectivity index (χ0v) is 11.9. The van der Waals surface area contributed by atoms with Crippen LogP contribution in [0.15, 0.2) is 42.5 Å². The van der Waals surface area contributed by atoms with Gasteiger partial charge in [-0.05, 0) is 49.2 Å². The summed E-state index contributed by atoms with van der Waals surface area (Å²) in [5, 5.41) is 0. The van der Waals surface area contributed by atoms with Gasteiger partial charge in [0.2, 0.25) is 0 Å². The minimum Gasteiger partial charge on any atom is -0.399 e. The quantitative estimate of drug-likeness (QED) is 0.736. The highest BCUT2D eigenvalue weighted by Crippen LogP contribution is 2.20. The van der Waals surface area contributed by atoms with Crippen molar-refractivity contribution < 1.29 is 0 Å². The summed E-state index contributed by atoms with van der Waals surface area (Å²) in [6, 6.07) is 14.4. The molecule has 0 aliphatic heterocycles. The number of hydrogen-bond acceptors (Lipinski definition) is 2. The molecule has 2 aromatic carbocycles. The molecule has 0 bridgehead atoms. The van der Waals surface area contributed by atoms with Crippen molar-refractivity contribution in [3.05, 3.63) is 59.4 Å². The van der Waals surface area contributed by atoms with Crippen molar-refractivity contribution in [2.75, 3.05) is 5.73 Å². The summed E-state index contributed by atoms with van der Waals surface area (Å²) >= 11 is 0. The van der Waals surface area contributed by atoms with Gasteiger partial charge in [0, 0.05) is 18.7 Å². The third-order valence-electron chi connectivity index (χ3n) is 3.77. The van der Waals surface area contributed by atoms with Crippen molar-refractivity contribution in [1.29, 1.82) is 0 Å². The first-order chi connectivity index (χ1) is 9.69. The standard InChI is InChI=1S/C17H19N3/c1-3-20-16-7-5-4-6-15(16)19-17(20)11-13-8-9-14(18)10-12(13)2/h4-10H,3,11,18H2,1-2H3. The van der Waals surface area contributed by atoms with Gasteiger partial charge in [0.15, 0.2) is 0 Å². The van der Waals surface area contributed by atoms with Crippen LogP contribution in [0.3, 0.4) is 0 Å². The topological polar surface area (TPSA) is 43.8 Å². The van der Waals surface area contributed by atoms with Crippen molar-refractivity contribution in [1.82, 2.24) is 9.55 Å². The van der Waals surface area contributed by atoms with Crippen LogP contribution in [-0.2, 0) is 13.0 Å². The fourth-order valence-electron chi connectivity index (χ4n) is 2.70. The van der Waals surface area contributed by atoms with Crippen LogP contribution in [0.25, 0.3) is 11.0 Å². The van der Waals surface area contributed by atoms with Gasteiger partial charge in [-0.15, -0.1) is 0 Å². The molecular formula is C17H19N3. The average molecular weight is 265 g/mol. The van der Waals surface area contributed by atoms with Crippen molar-refractivity contribution in [2.45, 2.75) is 26.8 Å². The summed E-state index contributed by atoms with van der Waals surface area (Å²) in [6.45, 7) is 5.20. The van der Waals surface area contributed by atoms with Crippen LogP contribution in [-0.4, -0.2) is 9.55 Å². The molecule has 0 amide bonds. The van der Waals surface area contributed by atoms with E-state index in [2.05, 4.69) is 42.7 Å². The largest absolute Gasteiger partial charge is 0.399 e. The summed E-state index contributed by atoms with van der Waals surface area (Å²) < 4.78 is 2.28. The maximum atomic E-state index is 5.82. The fraction of sp³-hybridized carbons (Fsp3) is 0.235. The maximum absolute atomic E-state index is 5.82. The number of rotatable bonds is 3. The molecule has 0 unspecified atom stereocenters. The van der Waals surface area contributed by atoms with E-state index in [0.717, 1.165) is 30.0 Å². The van der Waals surface area contributed by atoms with E-state index in [4.69, 9.17) is 10.7 Å². The van der Waals surface area contributed by atoms with Gasteiger partial charge in [-0.2, -0.15) is 0 Å². The summed E-state index contributed by atoms with van der Waals surface area (Å²) in [7, 11) is 0. The molecule has 3 heteroatoms. The number of benzene rings is 2. The number of nitrogen functional groups attached to an aromatic ring is 1. The number of anilines is 1. The second kappa shape index (κ2) is 5.00. The van der Waals surface area contributed by atoms with Gasteiger partial charge < -0.3 is 10.3 Å². The van der Waals surface area contributed by atoms with E-state index in [1.807, 2.05) is 18.2 Å². The monoisotopic (exact) mass is 265 g/mol. The van der Waals surface area contributed by atoms with Crippen LogP contribution < -0.4 is 5.73 Å². The lowest BCUT2D eigenvalue weighted by Gasteiger charge is -2.09. The zero-order chi connectivity index (χ0) is 14.1. The molecule has 102 valence electrons. The first-order valence-electron chi connectivity index (χ1n) is 6.98. The highest BCUT2D eigenvalue weighted by molar-refractivity contribution is 5.76. The SMILES string of the molecule is CCn1c(Cc2ccc(N)cc2C)nc2ccccc21. The van der Waals surface area contributed by atoms with Gasteiger partial charge in [-0.3, -0.25) is 0 Å². The molecule has 0 saturated heterocycles. The summed E-state index contributed by atoms with van der Waals surface area (Å²) in [4.78, 5) is 4.77. The van der Waals surface area contributed by atoms with E-state index >= 15 is 0 Å². The highest BCUT2D eigenvalue weighted by atomic mass is 15.1. The van der Waals surface area contributed by atoms with Crippen LogP contribution >= 0.6 is 0 Å². The first-order valence-corrected chi connectivity index (χ1v) is 6.98. The number of fused-ring (bicyclic) bond motifs is 1. The average Bonchev–Trinajstić information content (AvgIpc) is 2.79. The van der Waals surface area contributed by atoms with Gasteiger partial charge in [-0.25, -0.2) is 4.98 Å². The number of aromatic nitrogens is 2. The van der Waals surface area contributed by atoms with E-state index in [-0.39, 0.29) is 0 Å². The highest BCUT2D eigenvalue weighted by Gasteiger charge is 2.10. The van der Waals surface area contributed by atoms with Crippen LogP contribution in [0, 0.1) is 6.92 Å². The Morgan fingerprint density at radius 2 is 1.95 bits per heavy atom. The Labute approximate surface area is 119 Å². The van der Waals surface area contributed by atoms with E-state index in [1.165, 1.54) is 16.6 Å². The Kier molecular flexibility index (Phi) is 3.18. The van der Waals surface area contributed by atoms with Crippen molar-refractivity contribution in [3.63, 3.8) is 0 Å². The number of para-hydroxylation sites is 2. The summed E-state index contributed by atoms with van der Waals surface area (Å²) in [5.41, 5.74) is 11.4. The van der Waals surface area contributed by atoms with E-state index < -0.39 is 0 Å². The molecule has 0 aliphatic carbocycles. The van der Waals surface area contributed by atoms with E-state index in [1.54, 1.807) is 0 Å². The molecule has 1 heterocycles. The molecule has 0 spiro atoms. The second-order valence-corrected chi connectivity index (χ2v) is 5.12. The Bertz CT molecular complexity index is 756. The van der Waals surface area contributed by atoms with Crippen molar-refractivity contribution >= 4 is 16.7 Å². The Balaban J connectivity index is 2.06. The third kappa shape index (κ3) is 2.16. The molecule has 2 N–H and O–H groups in total. The van der Waals surface area contributed by atoms with Gasteiger partial charge in [0.25, 0.3) is 0 Å². The molecule has 0 fully saturated rings. The third-order valence-corrected chi connectivity index (χ3v) is 3.77. The number of imidazole rings is 1. The summed E-state index contributed by atoms with van der Waals surface area (Å²) in [5.74, 6) is 1.11. The molecule has 1 aromatic heterocycles. The number of nitrogens with zero attached hydrogens (tertiary/aromatic N) is 2. The molecule has 3 rings (SSSR count). The molecule has 0 saturated carbocycles. The van der Waals surface area contributed by atoms with E-state index in [9.17, 15) is 0 Å². The molecule has 3 aromatic rings. The predicted octanol–water partition coefficient (Wildman–Crippen LogP) is 3.54. The molecule has 0 aliphatic rings. The predicted molar refractivity (Wildman–Crippen MR) is 83.8 cm³/mol. The lowest BCUT2D eigenvalue weighted by molar-refractivity contribution is 0.733. The summed E-state index contributed by atoms with van der Waals surface area (Å²) in [6.07, 6.45) is 0.842. The van der Waals surface area contributed by atoms with Crippen molar-refractivity contribution in [2.24, 2.45) is 0 Å². The van der Waals surface area contributed by atoms with Gasteiger partial charge in [0.05, 0.1) is 11.0 Å². The Morgan fingerprint density at radius 1 is 1.15 bits per heavy atom. The zero-order valence-electron chi connectivity index (χ0n) is 11.9. The lowest BCUT2D eigenvalue weighted by atomic mass is 10.0. The molecule has 20 heavy (non-hydrogen) atoms. The minimum atomic E-state index is 0.815. The second-order valence-electron chi connectivity index (χ2n) is 5.12. The van der Waals surface area contributed by atoms with Crippen LogP contribution in [0.2, 0.25) is 0 Å². The van der Waals surface area contributed by atoms with Gasteiger partial charge in [0.1, 0.15) is 5.82 Å². The van der Waals surface area contributed by atoms with Crippen LogP contribution in [0.5, 0.6) is 0 Å². The molecular weight excluding hydrogens is 246 g/mol. The van der Waals surface area contributed by atoms with Gasteiger partial charge in [-0.1, -0.05) is 18.2 Å². The lowest BCUT2D eigenvalue weighted by Crippen LogP contribution is -2.04. The molecule has 3 nitrogen and oxygen atoms in total. The normalized spacial score (nSPS) is 11.1. The number of aryl methyl sites for hydroxylation is 2. The smallest absolute Gasteiger partial charge is 0.114 e. The Hall–Kier alpha value is -2.29. The minimum absolute atomic E-state index is 0.815. The maximum Gasteiger partial charge on any atom is 0.114 e. The first kappa shape index (κ1) is 12.7. The fourth-order valence-corrected chi connectivity index (χ4v) is 2.70.